The van der Waals surface area contributed by atoms with E-state index in [2.05, 4.69) is 109 Å². The number of carbonyl (C=O) groups excluding carboxylic acids is 2. The molecule has 10 heteroatoms. The van der Waals surface area contributed by atoms with Crippen LogP contribution in [0.4, 0.5) is 34.1 Å². The lowest BCUT2D eigenvalue weighted by atomic mass is 10.0. The van der Waals surface area contributed by atoms with Crippen molar-refractivity contribution in [3.05, 3.63) is 251 Å². The number of thioether (sulfide) groups is 2. The van der Waals surface area contributed by atoms with Gasteiger partial charge < -0.3 is 19.6 Å². The summed E-state index contributed by atoms with van der Waals surface area (Å²) in [5.74, 6) is 0.803. The fraction of sp³-hybridized carbons (Fsp3) is 0.0968. The first-order chi connectivity index (χ1) is 35.3. The Bertz CT molecular complexity index is 3170. The number of nitrogens with zero attached hydrogens (tertiary/aromatic N) is 6. The van der Waals surface area contributed by atoms with Crippen LogP contribution in [0.1, 0.15) is 33.4 Å². The molecule has 0 aromatic heterocycles. The van der Waals surface area contributed by atoms with Gasteiger partial charge in [0.05, 0.1) is 45.8 Å². The first-order valence-corrected chi connectivity index (χ1v) is 25.7. The highest BCUT2D eigenvalue weighted by atomic mass is 32.2. The summed E-state index contributed by atoms with van der Waals surface area (Å²) in [6.45, 7) is 4.87. The smallest absolute Gasteiger partial charge is 0.261 e. The number of rotatable bonds is 16. The molecule has 8 aromatic rings. The van der Waals surface area contributed by atoms with Crippen LogP contribution in [0, 0.1) is 36.5 Å². The van der Waals surface area contributed by atoms with Crippen molar-refractivity contribution in [1.29, 1.82) is 10.5 Å². The molecule has 350 valence electrons. The van der Waals surface area contributed by atoms with Crippen LogP contribution in [0.5, 0.6) is 0 Å². The maximum Gasteiger partial charge on any atom is 0.261 e. The van der Waals surface area contributed by atoms with Gasteiger partial charge >= 0.3 is 0 Å². The van der Waals surface area contributed by atoms with Gasteiger partial charge in [-0.1, -0.05) is 96.1 Å². The molecular formula is C62H48N6O2S2. The first kappa shape index (κ1) is 47.2. The van der Waals surface area contributed by atoms with Gasteiger partial charge in [0.25, 0.3) is 11.8 Å². The molecule has 0 saturated carbocycles. The van der Waals surface area contributed by atoms with Crippen molar-refractivity contribution in [2.45, 2.75) is 23.6 Å². The second kappa shape index (κ2) is 21.2. The van der Waals surface area contributed by atoms with Crippen LogP contribution >= 0.6 is 23.5 Å². The summed E-state index contributed by atoms with van der Waals surface area (Å²) in [5.41, 5.74) is 12.4. The van der Waals surface area contributed by atoms with E-state index >= 15 is 9.59 Å². The Labute approximate surface area is 429 Å². The molecule has 2 amide bonds. The molecular weight excluding hydrogens is 925 g/mol. The highest BCUT2D eigenvalue weighted by Crippen LogP contribution is 2.48. The zero-order valence-corrected chi connectivity index (χ0v) is 41.4. The van der Waals surface area contributed by atoms with Crippen LogP contribution in [0.15, 0.2) is 227 Å². The number of hydrogen-bond donors (Lipinski definition) is 0. The molecule has 0 aliphatic carbocycles. The van der Waals surface area contributed by atoms with Crippen LogP contribution in [0.2, 0.25) is 0 Å². The topological polar surface area (TPSA) is 94.7 Å². The molecule has 0 saturated heterocycles. The van der Waals surface area contributed by atoms with Crippen LogP contribution < -0.4 is 9.80 Å². The Balaban J connectivity index is 1.08. The summed E-state index contributed by atoms with van der Waals surface area (Å²) >= 11 is 3.35. The molecule has 0 fully saturated rings. The molecule has 0 radical (unpaired) electrons. The Hall–Kier alpha value is -8.54. The molecule has 10 rings (SSSR count). The maximum atomic E-state index is 15.4. The van der Waals surface area contributed by atoms with Crippen LogP contribution in [-0.4, -0.2) is 46.2 Å². The molecule has 0 atom stereocenters. The van der Waals surface area contributed by atoms with Crippen molar-refractivity contribution in [1.82, 2.24) is 9.80 Å². The van der Waals surface area contributed by atoms with Gasteiger partial charge in [-0.15, -0.1) is 23.5 Å². The molecule has 72 heavy (non-hydrogen) atoms. The summed E-state index contributed by atoms with van der Waals surface area (Å²) in [6.07, 6.45) is 0. The standard InChI is InChI=1S/C62H48N6O2S2/c1-43-13-25-49(26-14-43)67(51-29-17-45(41-63)18-30-51)53-33-21-47(22-34-53)59-57-58(62(70)65(59)37-39-71-55-9-5-3-6-10-55)60(66(61(57)69)38-40-72-56-11-7-4-8-12-56)48-23-35-54(36-24-48)68(50-27-15-44(2)16-28-50)52-31-19-46(42-64)20-32-52/h3-36H,37-40H2,1-2H3. The van der Waals surface area contributed by atoms with E-state index in [1.807, 2.05) is 133 Å². The van der Waals surface area contributed by atoms with Crippen LogP contribution in [-0.2, 0) is 9.59 Å². The number of hydrogen-bond acceptors (Lipinski definition) is 8. The zero-order chi connectivity index (χ0) is 49.6. The van der Waals surface area contributed by atoms with E-state index in [0.717, 1.165) is 66.2 Å². The fourth-order valence-corrected chi connectivity index (χ4v) is 10.9. The minimum absolute atomic E-state index is 0.207. The molecule has 8 aromatic carbocycles. The molecule has 2 aliphatic rings. The lowest BCUT2D eigenvalue weighted by Crippen LogP contribution is -2.32. The molecule has 2 heterocycles. The number of carbonyl (C=O) groups is 2. The summed E-state index contributed by atoms with van der Waals surface area (Å²) in [6, 6.07) is 72.6. The third-order valence-corrected chi connectivity index (χ3v) is 14.7. The van der Waals surface area contributed by atoms with Gasteiger partial charge in [-0.05, 0) is 146 Å². The Morgan fingerprint density at radius 3 is 1.00 bits per heavy atom. The summed E-state index contributed by atoms with van der Waals surface area (Å²) in [7, 11) is 0. The van der Waals surface area contributed by atoms with Gasteiger partial charge in [-0.2, -0.15) is 10.5 Å². The number of anilines is 6. The van der Waals surface area contributed by atoms with Crippen molar-refractivity contribution < 1.29 is 9.59 Å². The highest BCUT2D eigenvalue weighted by molar-refractivity contribution is 7.99. The minimum Gasteiger partial charge on any atom is -0.311 e. The predicted molar refractivity (Wildman–Crippen MR) is 293 cm³/mol. The highest BCUT2D eigenvalue weighted by Gasteiger charge is 2.48. The van der Waals surface area contributed by atoms with Crippen LogP contribution in [0.25, 0.3) is 11.4 Å². The maximum absolute atomic E-state index is 15.4. The first-order valence-electron chi connectivity index (χ1n) is 23.7. The van der Waals surface area contributed by atoms with Gasteiger partial charge in [0.2, 0.25) is 0 Å². The number of benzene rings is 8. The van der Waals surface area contributed by atoms with E-state index in [0.29, 0.717) is 58.3 Å². The van der Waals surface area contributed by atoms with E-state index in [-0.39, 0.29) is 11.8 Å². The van der Waals surface area contributed by atoms with Gasteiger partial charge in [0, 0.05) is 68.5 Å². The molecule has 0 spiro atoms. The van der Waals surface area contributed by atoms with E-state index < -0.39 is 0 Å². The zero-order valence-electron chi connectivity index (χ0n) is 39.8. The number of amides is 2. The van der Waals surface area contributed by atoms with Crippen molar-refractivity contribution in [2.24, 2.45) is 0 Å². The van der Waals surface area contributed by atoms with Crippen LogP contribution in [0.3, 0.4) is 0 Å². The molecule has 0 unspecified atom stereocenters. The number of aryl methyl sites for hydroxylation is 2. The van der Waals surface area contributed by atoms with Crippen molar-refractivity contribution >= 4 is 80.9 Å². The van der Waals surface area contributed by atoms with E-state index in [4.69, 9.17) is 0 Å². The molecule has 0 N–H and O–H groups in total. The normalized spacial score (nSPS) is 13.1. The monoisotopic (exact) mass is 972 g/mol. The van der Waals surface area contributed by atoms with Crippen molar-refractivity contribution in [3.8, 4) is 12.1 Å². The van der Waals surface area contributed by atoms with Crippen molar-refractivity contribution in [3.63, 3.8) is 0 Å². The van der Waals surface area contributed by atoms with Gasteiger partial charge in [0.1, 0.15) is 0 Å². The Morgan fingerprint density at radius 2 is 0.694 bits per heavy atom. The summed E-state index contributed by atoms with van der Waals surface area (Å²) < 4.78 is 0. The number of fused-ring (bicyclic) bond motifs is 1. The van der Waals surface area contributed by atoms with Gasteiger partial charge in [0.15, 0.2) is 0 Å². The third kappa shape index (κ3) is 9.79. The fourth-order valence-electron chi connectivity index (χ4n) is 9.16. The van der Waals surface area contributed by atoms with Gasteiger partial charge in [-0.3, -0.25) is 9.59 Å². The summed E-state index contributed by atoms with van der Waals surface area (Å²) in [5, 5.41) is 19.2. The largest absolute Gasteiger partial charge is 0.311 e. The Morgan fingerprint density at radius 1 is 0.403 bits per heavy atom. The van der Waals surface area contributed by atoms with E-state index in [9.17, 15) is 10.5 Å². The van der Waals surface area contributed by atoms with E-state index in [1.54, 1.807) is 33.3 Å². The second-order valence-corrected chi connectivity index (χ2v) is 19.8. The average molecular weight is 973 g/mol. The minimum atomic E-state index is -0.207. The van der Waals surface area contributed by atoms with Crippen molar-refractivity contribution in [2.75, 3.05) is 34.4 Å². The third-order valence-electron chi connectivity index (χ3n) is 12.7. The second-order valence-electron chi connectivity index (χ2n) is 17.4. The number of nitriles is 2. The van der Waals surface area contributed by atoms with Gasteiger partial charge in [-0.25, -0.2) is 0 Å². The Kier molecular flexibility index (Phi) is 13.9. The summed E-state index contributed by atoms with van der Waals surface area (Å²) in [4.78, 5) is 40.9. The lowest BCUT2D eigenvalue weighted by molar-refractivity contribution is -0.123. The average Bonchev–Trinajstić information content (AvgIpc) is 3.87. The SMILES string of the molecule is Cc1ccc(N(c2ccc(C#N)cc2)c2ccc(C3=C4C(=O)N(CCSc5ccccc5)C(c5ccc(N(c6ccc(C)cc6)c6ccc(C#N)cc6)cc5)=C4C(=O)N3CCSc3ccccc3)cc2)cc1. The lowest BCUT2D eigenvalue weighted by Gasteiger charge is -2.28. The molecule has 2 aliphatic heterocycles. The predicted octanol–water partition coefficient (Wildman–Crippen LogP) is 14.4. The van der Waals surface area contributed by atoms with E-state index in [1.165, 1.54) is 0 Å². The molecule has 0 bridgehead atoms. The molecule has 8 nitrogen and oxygen atoms in total. The quantitative estimate of drug-likeness (QED) is 0.0884.